The molecule has 0 bridgehead atoms. The molecular formula is C12H25N3O3S. The molecule has 6 nitrogen and oxygen atoms in total. The van der Waals surface area contributed by atoms with E-state index >= 15 is 0 Å². The first-order valence-electron chi connectivity index (χ1n) is 6.88. The number of nitrogens with two attached hydrogens (primary N) is 1. The molecular weight excluding hydrogens is 266 g/mol. The van der Waals surface area contributed by atoms with Gasteiger partial charge in [-0.3, -0.25) is 4.79 Å². The molecule has 112 valence electrons. The second-order valence-electron chi connectivity index (χ2n) is 5.02. The first-order chi connectivity index (χ1) is 8.91. The van der Waals surface area contributed by atoms with E-state index in [1.807, 2.05) is 13.8 Å². The third-order valence-corrected chi connectivity index (χ3v) is 6.03. The Morgan fingerprint density at radius 3 is 2.42 bits per heavy atom. The molecule has 19 heavy (non-hydrogen) atoms. The zero-order valence-corrected chi connectivity index (χ0v) is 12.6. The summed E-state index contributed by atoms with van der Waals surface area (Å²) in [5.74, 6) is 0.147. The lowest BCUT2D eigenvalue weighted by atomic mass is 9.81. The summed E-state index contributed by atoms with van der Waals surface area (Å²) in [6.45, 7) is 5.46. The van der Waals surface area contributed by atoms with Gasteiger partial charge in [-0.25, -0.2) is 12.7 Å². The molecule has 0 aliphatic carbocycles. The number of amides is 1. The standard InChI is InChI=1S/C12H25N3O3S/c1-3-12(4-2,10-13)11(16)14-6-8-15-7-5-9-19(15,17)18/h3-10,13H2,1-2H3,(H,14,16). The minimum absolute atomic E-state index is 0.0726. The van der Waals surface area contributed by atoms with Crippen LogP contribution >= 0.6 is 0 Å². The quantitative estimate of drug-likeness (QED) is 0.685. The van der Waals surface area contributed by atoms with Crippen molar-refractivity contribution < 1.29 is 13.2 Å². The second kappa shape index (κ2) is 6.67. The van der Waals surface area contributed by atoms with Crippen molar-refractivity contribution in [1.82, 2.24) is 9.62 Å². The fourth-order valence-corrected chi connectivity index (χ4v) is 3.91. The van der Waals surface area contributed by atoms with E-state index in [9.17, 15) is 13.2 Å². The lowest BCUT2D eigenvalue weighted by molar-refractivity contribution is -0.131. The summed E-state index contributed by atoms with van der Waals surface area (Å²) in [5.41, 5.74) is 5.18. The number of nitrogens with zero attached hydrogens (tertiary/aromatic N) is 1. The second-order valence-corrected chi connectivity index (χ2v) is 7.10. The molecule has 7 heteroatoms. The maximum atomic E-state index is 12.1. The van der Waals surface area contributed by atoms with Gasteiger partial charge in [0.2, 0.25) is 15.9 Å². The van der Waals surface area contributed by atoms with Gasteiger partial charge in [-0.15, -0.1) is 0 Å². The molecule has 0 spiro atoms. The number of nitrogens with one attached hydrogen (secondary N) is 1. The fraction of sp³-hybridized carbons (Fsp3) is 0.917. The summed E-state index contributed by atoms with van der Waals surface area (Å²) in [5, 5.41) is 2.82. The Hall–Kier alpha value is -0.660. The van der Waals surface area contributed by atoms with E-state index in [0.29, 0.717) is 45.4 Å². The Bertz CT molecular complexity index is 396. The summed E-state index contributed by atoms with van der Waals surface area (Å²) >= 11 is 0. The van der Waals surface area contributed by atoms with Crippen LogP contribution in [0.2, 0.25) is 0 Å². The van der Waals surface area contributed by atoms with Crippen molar-refractivity contribution in [3.8, 4) is 0 Å². The Morgan fingerprint density at radius 2 is 2.00 bits per heavy atom. The number of sulfonamides is 1. The van der Waals surface area contributed by atoms with Gasteiger partial charge in [0.1, 0.15) is 0 Å². The molecule has 1 aliphatic heterocycles. The molecule has 0 saturated carbocycles. The summed E-state index contributed by atoms with van der Waals surface area (Å²) < 4.78 is 24.6. The lowest BCUT2D eigenvalue weighted by Gasteiger charge is -2.28. The van der Waals surface area contributed by atoms with Crippen LogP contribution in [0, 0.1) is 5.41 Å². The van der Waals surface area contributed by atoms with Crippen molar-refractivity contribution in [2.24, 2.45) is 11.1 Å². The molecule has 0 aromatic heterocycles. The van der Waals surface area contributed by atoms with Crippen LogP contribution in [0.15, 0.2) is 0 Å². The highest BCUT2D eigenvalue weighted by Gasteiger charge is 2.33. The predicted molar refractivity (Wildman–Crippen MR) is 75.1 cm³/mol. The Morgan fingerprint density at radius 1 is 1.37 bits per heavy atom. The van der Waals surface area contributed by atoms with Gasteiger partial charge in [0, 0.05) is 26.2 Å². The van der Waals surface area contributed by atoms with Crippen LogP contribution in [-0.2, 0) is 14.8 Å². The van der Waals surface area contributed by atoms with Gasteiger partial charge >= 0.3 is 0 Å². The van der Waals surface area contributed by atoms with Crippen LogP contribution < -0.4 is 11.1 Å². The SMILES string of the molecule is CCC(CC)(CN)C(=O)NCCN1CCCS1(=O)=O. The van der Waals surface area contributed by atoms with E-state index < -0.39 is 15.4 Å². The largest absolute Gasteiger partial charge is 0.354 e. The van der Waals surface area contributed by atoms with Crippen molar-refractivity contribution in [2.45, 2.75) is 33.1 Å². The molecule has 0 unspecified atom stereocenters. The molecule has 0 atom stereocenters. The Labute approximate surface area is 115 Å². The third kappa shape index (κ3) is 3.67. The topological polar surface area (TPSA) is 92.5 Å². The van der Waals surface area contributed by atoms with Crippen molar-refractivity contribution >= 4 is 15.9 Å². The summed E-state index contributed by atoms with van der Waals surface area (Å²) in [6, 6.07) is 0. The van der Waals surface area contributed by atoms with E-state index in [4.69, 9.17) is 5.73 Å². The third-order valence-electron chi connectivity index (χ3n) is 4.08. The van der Waals surface area contributed by atoms with Gasteiger partial charge < -0.3 is 11.1 Å². The number of hydrogen-bond donors (Lipinski definition) is 2. The lowest BCUT2D eigenvalue weighted by Crippen LogP contribution is -2.47. The minimum atomic E-state index is -3.08. The molecule has 1 aliphatic rings. The van der Waals surface area contributed by atoms with E-state index in [2.05, 4.69) is 5.32 Å². The molecule has 1 saturated heterocycles. The predicted octanol–water partition coefficient (Wildman–Crippen LogP) is -0.0968. The van der Waals surface area contributed by atoms with Crippen LogP contribution in [0.1, 0.15) is 33.1 Å². The Kier molecular flexibility index (Phi) is 5.76. The molecule has 1 rings (SSSR count). The van der Waals surface area contributed by atoms with Crippen LogP contribution in [0.4, 0.5) is 0 Å². The maximum absolute atomic E-state index is 12.1. The molecule has 1 fully saturated rings. The number of carbonyl (C=O) groups is 1. The number of rotatable bonds is 7. The first kappa shape index (κ1) is 16.4. The molecule has 3 N–H and O–H groups in total. The number of hydrogen-bond acceptors (Lipinski definition) is 4. The average molecular weight is 291 g/mol. The fourth-order valence-electron chi connectivity index (χ4n) is 2.38. The van der Waals surface area contributed by atoms with Gasteiger partial charge in [0.25, 0.3) is 0 Å². The molecule has 0 radical (unpaired) electrons. The van der Waals surface area contributed by atoms with Crippen molar-refractivity contribution in [1.29, 1.82) is 0 Å². The normalized spacial score (nSPS) is 19.5. The summed E-state index contributed by atoms with van der Waals surface area (Å²) in [6.07, 6.45) is 2.05. The molecule has 0 aromatic rings. The summed E-state index contributed by atoms with van der Waals surface area (Å²) in [7, 11) is -3.08. The van der Waals surface area contributed by atoms with Crippen molar-refractivity contribution in [3.05, 3.63) is 0 Å². The van der Waals surface area contributed by atoms with Gasteiger partial charge in [0.15, 0.2) is 0 Å². The van der Waals surface area contributed by atoms with Crippen molar-refractivity contribution in [3.63, 3.8) is 0 Å². The van der Waals surface area contributed by atoms with Crippen LogP contribution in [0.5, 0.6) is 0 Å². The minimum Gasteiger partial charge on any atom is -0.354 e. The first-order valence-corrected chi connectivity index (χ1v) is 8.49. The smallest absolute Gasteiger partial charge is 0.227 e. The van der Waals surface area contributed by atoms with Crippen LogP contribution in [0.3, 0.4) is 0 Å². The number of carbonyl (C=O) groups excluding carboxylic acids is 1. The zero-order chi connectivity index (χ0) is 14.5. The molecule has 1 amide bonds. The molecule has 1 heterocycles. The van der Waals surface area contributed by atoms with E-state index in [0.717, 1.165) is 0 Å². The summed E-state index contributed by atoms with van der Waals surface area (Å²) in [4.78, 5) is 12.1. The van der Waals surface area contributed by atoms with E-state index in [-0.39, 0.29) is 11.7 Å². The monoisotopic (exact) mass is 291 g/mol. The highest BCUT2D eigenvalue weighted by molar-refractivity contribution is 7.89. The average Bonchev–Trinajstić information content (AvgIpc) is 2.72. The maximum Gasteiger partial charge on any atom is 0.227 e. The van der Waals surface area contributed by atoms with E-state index in [1.165, 1.54) is 4.31 Å². The van der Waals surface area contributed by atoms with Gasteiger partial charge in [-0.1, -0.05) is 13.8 Å². The van der Waals surface area contributed by atoms with E-state index in [1.54, 1.807) is 0 Å². The van der Waals surface area contributed by atoms with Crippen LogP contribution in [0.25, 0.3) is 0 Å². The molecule has 0 aromatic carbocycles. The Balaban J connectivity index is 2.47. The highest BCUT2D eigenvalue weighted by Crippen LogP contribution is 2.24. The highest BCUT2D eigenvalue weighted by atomic mass is 32.2. The van der Waals surface area contributed by atoms with Crippen LogP contribution in [-0.4, -0.2) is 50.6 Å². The van der Waals surface area contributed by atoms with Gasteiger partial charge in [-0.2, -0.15) is 0 Å². The van der Waals surface area contributed by atoms with Gasteiger partial charge in [0.05, 0.1) is 11.2 Å². The van der Waals surface area contributed by atoms with Crippen molar-refractivity contribution in [2.75, 3.05) is 31.9 Å². The zero-order valence-electron chi connectivity index (χ0n) is 11.8. The van der Waals surface area contributed by atoms with Gasteiger partial charge in [-0.05, 0) is 19.3 Å².